The van der Waals surface area contributed by atoms with E-state index in [-0.39, 0.29) is 6.61 Å². The van der Waals surface area contributed by atoms with Gasteiger partial charge >= 0.3 is 0 Å². The molecular weight excluding hydrogens is 288 g/mol. The second-order valence-electron chi connectivity index (χ2n) is 4.87. The van der Waals surface area contributed by atoms with Crippen LogP contribution in [0.4, 0.5) is 0 Å². The molecule has 1 atom stereocenters. The van der Waals surface area contributed by atoms with Crippen LogP contribution in [-0.4, -0.2) is 25.9 Å². The smallest absolute Gasteiger partial charge is 0.169 e. The molecule has 0 fully saturated rings. The Hall–Kier alpha value is -1.79. The summed E-state index contributed by atoms with van der Waals surface area (Å²) in [6.07, 6.45) is 1.74. The van der Waals surface area contributed by atoms with Gasteiger partial charge in [-0.15, -0.1) is 0 Å². The number of aliphatic carboxylic acids is 1. The van der Waals surface area contributed by atoms with Crippen LogP contribution in [0.3, 0.4) is 0 Å². The summed E-state index contributed by atoms with van der Waals surface area (Å²) in [5, 5.41) is 19.9. The van der Waals surface area contributed by atoms with Crippen molar-refractivity contribution in [2.45, 2.75) is 37.4 Å². The second kappa shape index (κ2) is 6.78. The molecule has 1 aromatic carbocycles. The van der Waals surface area contributed by atoms with Crippen LogP contribution >= 0.6 is 11.8 Å². The maximum absolute atomic E-state index is 10.9. The summed E-state index contributed by atoms with van der Waals surface area (Å²) in [4.78, 5) is 15.1. The predicted octanol–water partition coefficient (Wildman–Crippen LogP) is 0.963. The lowest BCUT2D eigenvalue weighted by molar-refractivity contribution is -0.304. The number of rotatable bonds is 6. The molecule has 21 heavy (non-hydrogen) atoms. The van der Waals surface area contributed by atoms with Crippen molar-refractivity contribution in [3.63, 3.8) is 0 Å². The molecule has 0 aliphatic rings. The summed E-state index contributed by atoms with van der Waals surface area (Å²) in [7, 11) is 0. The van der Waals surface area contributed by atoms with Crippen molar-refractivity contribution in [2.24, 2.45) is 0 Å². The molecule has 0 bridgehead atoms. The molecular formula is C15H17N2O3S-. The zero-order chi connectivity index (χ0) is 15.4. The molecule has 0 amide bonds. The number of carbonyl (C=O) groups is 1. The van der Waals surface area contributed by atoms with Crippen LogP contribution in [0.25, 0.3) is 0 Å². The SMILES string of the molecule is Cc1ccc(Cn2cc(CO)nc2S[C@H](C)C(=O)[O-])cc1. The summed E-state index contributed by atoms with van der Waals surface area (Å²) >= 11 is 1.12. The number of hydrogen-bond acceptors (Lipinski definition) is 5. The van der Waals surface area contributed by atoms with Crippen LogP contribution in [0.1, 0.15) is 23.7 Å². The number of aliphatic hydroxyl groups excluding tert-OH is 1. The molecule has 1 aromatic heterocycles. The van der Waals surface area contributed by atoms with Crippen molar-refractivity contribution in [2.75, 3.05) is 0 Å². The van der Waals surface area contributed by atoms with Crippen molar-refractivity contribution in [1.29, 1.82) is 0 Å². The molecule has 5 nitrogen and oxygen atoms in total. The topological polar surface area (TPSA) is 78.2 Å². The number of aryl methyl sites for hydroxylation is 1. The monoisotopic (exact) mass is 305 g/mol. The van der Waals surface area contributed by atoms with Gasteiger partial charge in [0.2, 0.25) is 0 Å². The second-order valence-corrected chi connectivity index (χ2v) is 6.17. The zero-order valence-corrected chi connectivity index (χ0v) is 12.8. The Bertz CT molecular complexity index is 622. The molecule has 6 heteroatoms. The minimum atomic E-state index is -1.13. The van der Waals surface area contributed by atoms with Gasteiger partial charge in [-0.05, 0) is 19.4 Å². The van der Waals surface area contributed by atoms with Crippen LogP contribution in [0.2, 0.25) is 0 Å². The van der Waals surface area contributed by atoms with E-state index in [0.717, 1.165) is 17.3 Å². The number of hydrogen-bond donors (Lipinski definition) is 1. The fourth-order valence-electron chi connectivity index (χ4n) is 1.83. The molecule has 0 aliphatic heterocycles. The number of carboxylic acid groups (broad SMARTS) is 1. The van der Waals surface area contributed by atoms with Crippen LogP contribution in [0, 0.1) is 6.92 Å². The Balaban J connectivity index is 2.22. The van der Waals surface area contributed by atoms with Crippen LogP contribution in [0.5, 0.6) is 0 Å². The lowest BCUT2D eigenvalue weighted by Crippen LogP contribution is -2.31. The lowest BCUT2D eigenvalue weighted by atomic mass is 10.1. The first-order chi connectivity index (χ1) is 9.99. The van der Waals surface area contributed by atoms with Gasteiger partial charge in [-0.3, -0.25) is 0 Å². The highest BCUT2D eigenvalue weighted by molar-refractivity contribution is 8.00. The number of thioether (sulfide) groups is 1. The van der Waals surface area contributed by atoms with Gasteiger partial charge in [-0.2, -0.15) is 0 Å². The number of carbonyl (C=O) groups excluding carboxylic acids is 1. The van der Waals surface area contributed by atoms with E-state index >= 15 is 0 Å². The number of imidazole rings is 1. The van der Waals surface area contributed by atoms with Crippen molar-refractivity contribution >= 4 is 17.7 Å². The first kappa shape index (κ1) is 15.6. The predicted molar refractivity (Wildman–Crippen MR) is 78.8 cm³/mol. The number of nitrogens with zero attached hydrogens (tertiary/aromatic N) is 2. The van der Waals surface area contributed by atoms with E-state index in [2.05, 4.69) is 4.98 Å². The number of carboxylic acids is 1. The molecule has 0 radical (unpaired) electrons. The maximum Gasteiger partial charge on any atom is 0.169 e. The first-order valence-electron chi connectivity index (χ1n) is 6.59. The van der Waals surface area contributed by atoms with Gasteiger partial charge in [0.05, 0.1) is 18.3 Å². The summed E-state index contributed by atoms with van der Waals surface area (Å²) in [6.45, 7) is 3.99. The third-order valence-corrected chi connectivity index (χ3v) is 4.12. The molecule has 2 aromatic rings. The summed E-state index contributed by atoms with van der Waals surface area (Å²) in [5.74, 6) is -1.13. The average Bonchev–Trinajstić information content (AvgIpc) is 2.83. The lowest BCUT2D eigenvalue weighted by Gasteiger charge is -2.13. The average molecular weight is 305 g/mol. The fourth-order valence-corrected chi connectivity index (χ4v) is 2.67. The van der Waals surface area contributed by atoms with Gasteiger partial charge in [0.15, 0.2) is 5.16 Å². The highest BCUT2D eigenvalue weighted by Gasteiger charge is 2.13. The van der Waals surface area contributed by atoms with E-state index in [4.69, 9.17) is 0 Å². The Morgan fingerprint density at radius 1 is 1.43 bits per heavy atom. The van der Waals surface area contributed by atoms with E-state index in [0.29, 0.717) is 17.4 Å². The van der Waals surface area contributed by atoms with Crippen molar-refractivity contribution in [3.8, 4) is 0 Å². The third-order valence-electron chi connectivity index (χ3n) is 3.04. The zero-order valence-electron chi connectivity index (χ0n) is 11.9. The minimum absolute atomic E-state index is 0.172. The molecule has 1 heterocycles. The number of aromatic nitrogens is 2. The van der Waals surface area contributed by atoms with Gasteiger partial charge in [-0.25, -0.2) is 4.98 Å². The van der Waals surface area contributed by atoms with Crippen LogP contribution < -0.4 is 5.11 Å². The van der Waals surface area contributed by atoms with Crippen LogP contribution in [-0.2, 0) is 17.9 Å². The number of aliphatic hydroxyl groups is 1. The van der Waals surface area contributed by atoms with Crippen LogP contribution in [0.15, 0.2) is 35.6 Å². The normalized spacial score (nSPS) is 12.3. The molecule has 1 N–H and O–H groups in total. The highest BCUT2D eigenvalue weighted by atomic mass is 32.2. The van der Waals surface area contributed by atoms with Crippen molar-refractivity contribution < 1.29 is 15.0 Å². The van der Waals surface area contributed by atoms with E-state index in [1.54, 1.807) is 13.1 Å². The number of benzene rings is 1. The third kappa shape index (κ3) is 4.09. The van der Waals surface area contributed by atoms with Gasteiger partial charge in [0, 0.05) is 18.0 Å². The van der Waals surface area contributed by atoms with Crippen molar-refractivity contribution in [1.82, 2.24) is 9.55 Å². The van der Waals surface area contributed by atoms with E-state index in [9.17, 15) is 15.0 Å². The quantitative estimate of drug-likeness (QED) is 0.804. The molecule has 0 unspecified atom stereocenters. The Morgan fingerprint density at radius 3 is 2.67 bits per heavy atom. The molecule has 112 valence electrons. The van der Waals surface area contributed by atoms with Crippen molar-refractivity contribution in [3.05, 3.63) is 47.3 Å². The summed E-state index contributed by atoms with van der Waals surface area (Å²) in [5.41, 5.74) is 2.79. The van der Waals surface area contributed by atoms with Gasteiger partial charge in [0.25, 0.3) is 0 Å². The summed E-state index contributed by atoms with van der Waals surface area (Å²) in [6, 6.07) is 8.08. The van der Waals surface area contributed by atoms with E-state index in [1.807, 2.05) is 35.8 Å². The molecule has 0 saturated heterocycles. The Labute approximate surface area is 127 Å². The standard InChI is InChI=1S/C15H18N2O3S/c1-10-3-5-12(6-4-10)7-17-8-13(9-18)16-15(17)21-11(2)14(19)20/h3-6,8,11,18H,7,9H2,1-2H3,(H,19,20)/p-1/t11-/m1/s1. The maximum atomic E-state index is 10.9. The summed E-state index contributed by atoms with van der Waals surface area (Å²) < 4.78 is 1.85. The fraction of sp³-hybridized carbons (Fsp3) is 0.333. The van der Waals surface area contributed by atoms with E-state index < -0.39 is 11.2 Å². The Morgan fingerprint density at radius 2 is 2.10 bits per heavy atom. The Kier molecular flexibility index (Phi) is 5.03. The largest absolute Gasteiger partial charge is 0.549 e. The first-order valence-corrected chi connectivity index (χ1v) is 7.47. The highest BCUT2D eigenvalue weighted by Crippen LogP contribution is 2.23. The van der Waals surface area contributed by atoms with E-state index in [1.165, 1.54) is 5.56 Å². The molecule has 0 spiro atoms. The van der Waals surface area contributed by atoms with Gasteiger partial charge < -0.3 is 19.6 Å². The molecule has 0 saturated carbocycles. The minimum Gasteiger partial charge on any atom is -0.549 e. The molecule has 2 rings (SSSR count). The van der Waals surface area contributed by atoms with Gasteiger partial charge in [0.1, 0.15) is 0 Å². The molecule has 0 aliphatic carbocycles. The van der Waals surface area contributed by atoms with Gasteiger partial charge in [-0.1, -0.05) is 41.6 Å².